The van der Waals surface area contributed by atoms with Gasteiger partial charge in [-0.3, -0.25) is 9.59 Å². The molecule has 0 fully saturated rings. The van der Waals surface area contributed by atoms with Crippen LogP contribution in [0.2, 0.25) is 0 Å². The van der Waals surface area contributed by atoms with Crippen LogP contribution in [-0.2, 0) is 9.53 Å². The highest BCUT2D eigenvalue weighted by molar-refractivity contribution is 5.94. The van der Waals surface area contributed by atoms with Gasteiger partial charge in [0.25, 0.3) is 0 Å². The van der Waals surface area contributed by atoms with Crippen LogP contribution < -0.4 is 0 Å². The predicted octanol–water partition coefficient (Wildman–Crippen LogP) is 1.93. The van der Waals surface area contributed by atoms with Crippen LogP contribution in [0.1, 0.15) is 36.7 Å². The second-order valence-corrected chi connectivity index (χ2v) is 3.17. The predicted molar refractivity (Wildman–Crippen MR) is 55.6 cm³/mol. The third kappa shape index (κ3) is 3.97. The number of ketones is 1. The van der Waals surface area contributed by atoms with Crippen molar-refractivity contribution in [3.63, 3.8) is 0 Å². The number of hydrogen-bond acceptors (Lipinski definition) is 3. The Bertz CT molecular complexity index is 317. The summed E-state index contributed by atoms with van der Waals surface area (Å²) in [5, 5.41) is 0. The summed E-state index contributed by atoms with van der Waals surface area (Å²) >= 11 is 0. The van der Waals surface area contributed by atoms with Crippen molar-refractivity contribution in [3.8, 4) is 0 Å². The SMILES string of the molecule is CCOC(=O)CCCC(=O)c1ccc[nH]1. The van der Waals surface area contributed by atoms with Crippen molar-refractivity contribution >= 4 is 11.8 Å². The number of aromatic nitrogens is 1. The Balaban J connectivity index is 2.21. The van der Waals surface area contributed by atoms with Gasteiger partial charge in [-0.15, -0.1) is 0 Å². The number of ether oxygens (including phenoxy) is 1. The number of esters is 1. The average molecular weight is 209 g/mol. The van der Waals surface area contributed by atoms with Gasteiger partial charge in [0.1, 0.15) is 0 Å². The minimum Gasteiger partial charge on any atom is -0.466 e. The molecule has 0 bridgehead atoms. The van der Waals surface area contributed by atoms with Crippen LogP contribution in [0.4, 0.5) is 0 Å². The number of rotatable bonds is 6. The van der Waals surface area contributed by atoms with Gasteiger partial charge in [-0.1, -0.05) is 0 Å². The van der Waals surface area contributed by atoms with Crippen LogP contribution in [0.5, 0.6) is 0 Å². The molecule has 15 heavy (non-hydrogen) atoms. The third-order valence-electron chi connectivity index (χ3n) is 1.99. The maximum Gasteiger partial charge on any atom is 0.305 e. The number of hydrogen-bond donors (Lipinski definition) is 1. The van der Waals surface area contributed by atoms with Crippen LogP contribution >= 0.6 is 0 Å². The third-order valence-corrected chi connectivity index (χ3v) is 1.99. The van der Waals surface area contributed by atoms with Gasteiger partial charge in [0.15, 0.2) is 5.78 Å². The first-order chi connectivity index (χ1) is 7.24. The molecule has 4 nitrogen and oxygen atoms in total. The normalized spacial score (nSPS) is 9.93. The van der Waals surface area contributed by atoms with E-state index in [4.69, 9.17) is 4.74 Å². The second-order valence-electron chi connectivity index (χ2n) is 3.17. The average Bonchev–Trinajstić information content (AvgIpc) is 2.70. The Labute approximate surface area is 88.6 Å². The fourth-order valence-electron chi connectivity index (χ4n) is 1.26. The second kappa shape index (κ2) is 6.01. The Morgan fingerprint density at radius 1 is 1.40 bits per heavy atom. The van der Waals surface area contributed by atoms with E-state index >= 15 is 0 Å². The topological polar surface area (TPSA) is 59.2 Å². The zero-order chi connectivity index (χ0) is 11.1. The lowest BCUT2D eigenvalue weighted by atomic mass is 10.1. The summed E-state index contributed by atoms with van der Waals surface area (Å²) in [6, 6.07) is 3.51. The number of Topliss-reactive ketones (excluding diaryl/α,β-unsaturated/α-hetero) is 1. The molecule has 4 heteroatoms. The van der Waals surface area contributed by atoms with Crippen molar-refractivity contribution in [2.75, 3.05) is 6.61 Å². The fourth-order valence-corrected chi connectivity index (χ4v) is 1.26. The van der Waals surface area contributed by atoms with E-state index in [0.29, 0.717) is 31.6 Å². The quantitative estimate of drug-likeness (QED) is 0.575. The van der Waals surface area contributed by atoms with Crippen LogP contribution in [0.3, 0.4) is 0 Å². The molecule has 0 amide bonds. The van der Waals surface area contributed by atoms with E-state index < -0.39 is 0 Å². The van der Waals surface area contributed by atoms with Gasteiger partial charge in [0, 0.05) is 19.0 Å². The minimum atomic E-state index is -0.239. The standard InChI is InChI=1S/C11H15NO3/c1-2-15-11(14)7-3-6-10(13)9-5-4-8-12-9/h4-5,8,12H,2-3,6-7H2,1H3. The summed E-state index contributed by atoms with van der Waals surface area (Å²) < 4.78 is 4.76. The van der Waals surface area contributed by atoms with E-state index in [1.807, 2.05) is 0 Å². The highest BCUT2D eigenvalue weighted by atomic mass is 16.5. The molecule has 0 unspecified atom stereocenters. The molecule has 0 saturated heterocycles. The molecule has 0 aliphatic heterocycles. The summed E-state index contributed by atoms with van der Waals surface area (Å²) in [5.41, 5.74) is 0.596. The molecule has 0 atom stereocenters. The maximum absolute atomic E-state index is 11.5. The highest BCUT2D eigenvalue weighted by Crippen LogP contribution is 2.05. The van der Waals surface area contributed by atoms with Gasteiger partial charge in [-0.05, 0) is 25.5 Å². The van der Waals surface area contributed by atoms with Gasteiger partial charge in [-0.2, -0.15) is 0 Å². The molecule has 0 radical (unpaired) electrons. The molecule has 0 saturated carbocycles. The molecule has 1 heterocycles. The molecule has 0 spiro atoms. The van der Waals surface area contributed by atoms with Gasteiger partial charge in [0.2, 0.25) is 0 Å². The number of carbonyl (C=O) groups is 2. The Hall–Kier alpha value is -1.58. The highest BCUT2D eigenvalue weighted by Gasteiger charge is 2.08. The summed E-state index contributed by atoms with van der Waals surface area (Å²) in [6.07, 6.45) is 2.93. The van der Waals surface area contributed by atoms with Crippen molar-refractivity contribution in [1.29, 1.82) is 0 Å². The van der Waals surface area contributed by atoms with Crippen LogP contribution in [0.25, 0.3) is 0 Å². The Morgan fingerprint density at radius 3 is 2.80 bits per heavy atom. The monoisotopic (exact) mass is 209 g/mol. The molecule has 1 rings (SSSR count). The van der Waals surface area contributed by atoms with Gasteiger partial charge < -0.3 is 9.72 Å². The van der Waals surface area contributed by atoms with E-state index in [1.165, 1.54) is 0 Å². The zero-order valence-corrected chi connectivity index (χ0v) is 8.79. The van der Waals surface area contributed by atoms with Crippen molar-refractivity contribution in [2.24, 2.45) is 0 Å². The van der Waals surface area contributed by atoms with Crippen molar-refractivity contribution in [1.82, 2.24) is 4.98 Å². The van der Waals surface area contributed by atoms with Crippen molar-refractivity contribution in [3.05, 3.63) is 24.0 Å². The summed E-state index contributed by atoms with van der Waals surface area (Å²) in [7, 11) is 0. The van der Waals surface area contributed by atoms with Crippen LogP contribution in [-0.4, -0.2) is 23.3 Å². The molecular weight excluding hydrogens is 194 g/mol. The molecule has 1 aromatic rings. The lowest BCUT2D eigenvalue weighted by molar-refractivity contribution is -0.143. The van der Waals surface area contributed by atoms with Crippen LogP contribution in [0, 0.1) is 0 Å². The Kier molecular flexibility index (Phi) is 4.60. The molecule has 82 valence electrons. The van der Waals surface area contributed by atoms with E-state index in [-0.39, 0.29) is 11.8 Å². The number of H-pyrrole nitrogens is 1. The van der Waals surface area contributed by atoms with E-state index in [1.54, 1.807) is 25.3 Å². The Morgan fingerprint density at radius 2 is 2.20 bits per heavy atom. The smallest absolute Gasteiger partial charge is 0.305 e. The summed E-state index contributed by atoms with van der Waals surface area (Å²) in [4.78, 5) is 25.3. The molecule has 1 N–H and O–H groups in total. The molecule has 1 aromatic heterocycles. The molecular formula is C11H15NO3. The van der Waals surface area contributed by atoms with Gasteiger partial charge >= 0.3 is 5.97 Å². The number of aromatic amines is 1. The summed E-state index contributed by atoms with van der Waals surface area (Å²) in [5.74, 6) is -0.207. The zero-order valence-electron chi connectivity index (χ0n) is 8.79. The molecule has 0 aliphatic carbocycles. The lowest BCUT2D eigenvalue weighted by Gasteiger charge is -2.00. The molecule has 0 aromatic carbocycles. The first-order valence-electron chi connectivity index (χ1n) is 5.06. The van der Waals surface area contributed by atoms with E-state index in [0.717, 1.165) is 0 Å². The lowest BCUT2D eigenvalue weighted by Crippen LogP contribution is -2.05. The number of nitrogens with one attached hydrogen (secondary N) is 1. The molecule has 0 aliphatic rings. The van der Waals surface area contributed by atoms with E-state index in [2.05, 4.69) is 4.98 Å². The summed E-state index contributed by atoms with van der Waals surface area (Å²) in [6.45, 7) is 2.16. The van der Waals surface area contributed by atoms with E-state index in [9.17, 15) is 9.59 Å². The first kappa shape index (κ1) is 11.5. The first-order valence-corrected chi connectivity index (χ1v) is 5.06. The van der Waals surface area contributed by atoms with Crippen LogP contribution in [0.15, 0.2) is 18.3 Å². The minimum absolute atomic E-state index is 0.0318. The number of carbonyl (C=O) groups excluding carboxylic acids is 2. The maximum atomic E-state index is 11.5. The van der Waals surface area contributed by atoms with Crippen molar-refractivity contribution < 1.29 is 14.3 Å². The fraction of sp³-hybridized carbons (Fsp3) is 0.455. The van der Waals surface area contributed by atoms with Gasteiger partial charge in [-0.25, -0.2) is 0 Å². The largest absolute Gasteiger partial charge is 0.466 e. The van der Waals surface area contributed by atoms with Crippen molar-refractivity contribution in [2.45, 2.75) is 26.2 Å². The van der Waals surface area contributed by atoms with Gasteiger partial charge in [0.05, 0.1) is 12.3 Å².